The van der Waals surface area contributed by atoms with E-state index < -0.39 is 0 Å². The van der Waals surface area contributed by atoms with Crippen LogP contribution < -0.4 is 11.1 Å². The van der Waals surface area contributed by atoms with E-state index in [0.717, 1.165) is 5.69 Å². The predicted octanol–water partition coefficient (Wildman–Crippen LogP) is 0.958. The van der Waals surface area contributed by atoms with Crippen molar-refractivity contribution in [3.8, 4) is 0 Å². The molecule has 1 amide bonds. The summed E-state index contributed by atoms with van der Waals surface area (Å²) in [7, 11) is 1.78. The fraction of sp³-hybridized carbons (Fsp3) is 0.182. The normalized spacial score (nSPS) is 10.2. The topological polar surface area (TPSA) is 85.8 Å². The van der Waals surface area contributed by atoms with Gasteiger partial charge in [0.1, 0.15) is 0 Å². The molecule has 17 heavy (non-hydrogen) atoms. The maximum Gasteiger partial charge on any atom is 0.259 e. The van der Waals surface area contributed by atoms with E-state index >= 15 is 0 Å². The van der Waals surface area contributed by atoms with E-state index in [9.17, 15) is 4.79 Å². The number of nitrogens with zero attached hydrogens (tertiary/aromatic N) is 3. The molecule has 0 aliphatic rings. The summed E-state index contributed by atoms with van der Waals surface area (Å²) in [5.74, 6) is -0.228. The quantitative estimate of drug-likeness (QED) is 0.806. The number of nitrogens with two attached hydrogens (primary N) is 1. The van der Waals surface area contributed by atoms with Gasteiger partial charge in [-0.3, -0.25) is 14.5 Å². The van der Waals surface area contributed by atoms with E-state index in [1.54, 1.807) is 24.0 Å². The van der Waals surface area contributed by atoms with Crippen molar-refractivity contribution in [1.29, 1.82) is 0 Å². The molecule has 2 aromatic heterocycles. The van der Waals surface area contributed by atoms with Crippen molar-refractivity contribution in [2.45, 2.75) is 6.92 Å². The minimum atomic E-state index is -0.228. The van der Waals surface area contributed by atoms with Crippen LogP contribution >= 0.6 is 0 Å². The second-order valence-corrected chi connectivity index (χ2v) is 3.68. The van der Waals surface area contributed by atoms with E-state index in [1.165, 1.54) is 12.4 Å². The van der Waals surface area contributed by atoms with Crippen molar-refractivity contribution in [3.63, 3.8) is 0 Å². The molecule has 0 atom stereocenters. The third-order valence-electron chi connectivity index (χ3n) is 2.58. The Morgan fingerprint density at radius 3 is 2.82 bits per heavy atom. The van der Waals surface area contributed by atoms with Crippen LogP contribution in [0.15, 0.2) is 24.7 Å². The van der Waals surface area contributed by atoms with Gasteiger partial charge in [-0.1, -0.05) is 0 Å². The SMILES string of the molecule is Cc1c(C(=O)Nc2ccncc2N)cnn1C. The lowest BCUT2D eigenvalue weighted by molar-refractivity contribution is 0.102. The van der Waals surface area contributed by atoms with Crippen molar-refractivity contribution in [2.75, 3.05) is 11.1 Å². The molecule has 3 N–H and O–H groups in total. The van der Waals surface area contributed by atoms with E-state index in [2.05, 4.69) is 15.4 Å². The van der Waals surface area contributed by atoms with Crippen molar-refractivity contribution < 1.29 is 4.79 Å². The molecule has 2 rings (SSSR count). The molecule has 0 unspecified atom stereocenters. The van der Waals surface area contributed by atoms with Gasteiger partial charge in [-0.25, -0.2) is 0 Å². The third-order valence-corrected chi connectivity index (χ3v) is 2.58. The van der Waals surface area contributed by atoms with Crippen LogP contribution in [0.5, 0.6) is 0 Å². The molecule has 0 aliphatic heterocycles. The van der Waals surface area contributed by atoms with E-state index in [1.807, 2.05) is 6.92 Å². The molecule has 2 aromatic rings. The van der Waals surface area contributed by atoms with Crippen LogP contribution in [0.3, 0.4) is 0 Å². The average molecular weight is 231 g/mol. The van der Waals surface area contributed by atoms with Crippen LogP contribution in [-0.2, 0) is 7.05 Å². The van der Waals surface area contributed by atoms with E-state index in [4.69, 9.17) is 5.73 Å². The van der Waals surface area contributed by atoms with Crippen LogP contribution in [0.25, 0.3) is 0 Å². The first-order valence-corrected chi connectivity index (χ1v) is 5.09. The highest BCUT2D eigenvalue weighted by Crippen LogP contribution is 2.17. The fourth-order valence-corrected chi connectivity index (χ4v) is 1.43. The highest BCUT2D eigenvalue weighted by molar-refractivity contribution is 6.06. The Morgan fingerprint density at radius 2 is 2.24 bits per heavy atom. The number of aromatic nitrogens is 3. The van der Waals surface area contributed by atoms with Crippen LogP contribution in [0.4, 0.5) is 11.4 Å². The first-order valence-electron chi connectivity index (χ1n) is 5.09. The maximum absolute atomic E-state index is 12.0. The molecule has 0 bridgehead atoms. The zero-order chi connectivity index (χ0) is 12.4. The molecule has 2 heterocycles. The lowest BCUT2D eigenvalue weighted by Crippen LogP contribution is -2.14. The number of anilines is 2. The standard InChI is InChI=1S/C11H13N5O/c1-7-8(5-14-16(7)2)11(17)15-10-3-4-13-6-9(10)12/h3-6H,12H2,1-2H3,(H,13,15,17). The molecule has 0 fully saturated rings. The molecule has 0 aliphatic carbocycles. The van der Waals surface area contributed by atoms with Gasteiger partial charge in [0.25, 0.3) is 5.91 Å². The van der Waals surface area contributed by atoms with Crippen LogP contribution in [0, 0.1) is 6.92 Å². The molecule has 0 spiro atoms. The minimum Gasteiger partial charge on any atom is -0.396 e. The summed E-state index contributed by atoms with van der Waals surface area (Å²) < 4.78 is 1.64. The first kappa shape index (κ1) is 11.1. The van der Waals surface area contributed by atoms with Gasteiger partial charge in [0, 0.05) is 18.9 Å². The molecule has 6 nitrogen and oxygen atoms in total. The van der Waals surface area contributed by atoms with Gasteiger partial charge >= 0.3 is 0 Å². The van der Waals surface area contributed by atoms with Gasteiger partial charge < -0.3 is 11.1 Å². The number of nitrogens with one attached hydrogen (secondary N) is 1. The summed E-state index contributed by atoms with van der Waals surface area (Å²) in [6.45, 7) is 1.83. The number of hydrogen-bond donors (Lipinski definition) is 2. The monoisotopic (exact) mass is 231 g/mol. The zero-order valence-corrected chi connectivity index (χ0v) is 9.64. The van der Waals surface area contributed by atoms with Crippen molar-refractivity contribution in [1.82, 2.24) is 14.8 Å². The number of hydrogen-bond acceptors (Lipinski definition) is 4. The lowest BCUT2D eigenvalue weighted by Gasteiger charge is -2.06. The minimum absolute atomic E-state index is 0.228. The summed E-state index contributed by atoms with van der Waals surface area (Å²) >= 11 is 0. The number of carbonyl (C=O) groups excluding carboxylic acids is 1. The smallest absolute Gasteiger partial charge is 0.259 e. The van der Waals surface area contributed by atoms with Crippen molar-refractivity contribution in [2.24, 2.45) is 7.05 Å². The Hall–Kier alpha value is -2.37. The second-order valence-electron chi connectivity index (χ2n) is 3.68. The van der Waals surface area contributed by atoms with E-state index in [-0.39, 0.29) is 5.91 Å². The van der Waals surface area contributed by atoms with Gasteiger partial charge in [-0.15, -0.1) is 0 Å². The summed E-state index contributed by atoms with van der Waals surface area (Å²) in [6, 6.07) is 1.65. The van der Waals surface area contributed by atoms with Crippen molar-refractivity contribution >= 4 is 17.3 Å². The molecular formula is C11H13N5O. The van der Waals surface area contributed by atoms with Gasteiger partial charge in [-0.2, -0.15) is 5.10 Å². The molecular weight excluding hydrogens is 218 g/mol. The summed E-state index contributed by atoms with van der Waals surface area (Å²) in [4.78, 5) is 15.8. The Labute approximate surface area is 98.5 Å². The Morgan fingerprint density at radius 1 is 1.47 bits per heavy atom. The number of pyridine rings is 1. The number of amides is 1. The maximum atomic E-state index is 12.0. The number of nitrogen functional groups attached to an aromatic ring is 1. The largest absolute Gasteiger partial charge is 0.396 e. The van der Waals surface area contributed by atoms with Gasteiger partial charge in [0.2, 0.25) is 0 Å². The fourth-order valence-electron chi connectivity index (χ4n) is 1.43. The highest BCUT2D eigenvalue weighted by atomic mass is 16.1. The number of aryl methyl sites for hydroxylation is 1. The molecule has 0 radical (unpaired) electrons. The van der Waals surface area contributed by atoms with Gasteiger partial charge in [-0.05, 0) is 13.0 Å². The summed E-state index contributed by atoms with van der Waals surface area (Å²) in [5, 5.41) is 6.74. The lowest BCUT2D eigenvalue weighted by atomic mass is 10.2. The summed E-state index contributed by atoms with van der Waals surface area (Å²) in [6.07, 6.45) is 4.59. The summed E-state index contributed by atoms with van der Waals surface area (Å²) in [5.41, 5.74) is 8.01. The predicted molar refractivity (Wildman–Crippen MR) is 64.5 cm³/mol. The number of carbonyl (C=O) groups is 1. The van der Waals surface area contributed by atoms with Crippen molar-refractivity contribution in [3.05, 3.63) is 35.9 Å². The number of rotatable bonds is 2. The molecule has 0 saturated carbocycles. The van der Waals surface area contributed by atoms with Gasteiger partial charge in [0.15, 0.2) is 0 Å². The average Bonchev–Trinajstić information content (AvgIpc) is 2.63. The highest BCUT2D eigenvalue weighted by Gasteiger charge is 2.13. The third kappa shape index (κ3) is 2.10. The Kier molecular flexibility index (Phi) is 2.78. The zero-order valence-electron chi connectivity index (χ0n) is 9.64. The van der Waals surface area contributed by atoms with Crippen LogP contribution in [0.1, 0.15) is 16.1 Å². The van der Waals surface area contributed by atoms with Crippen LogP contribution in [-0.4, -0.2) is 20.7 Å². The molecule has 0 saturated heterocycles. The van der Waals surface area contributed by atoms with E-state index in [0.29, 0.717) is 16.9 Å². The first-order chi connectivity index (χ1) is 8.09. The van der Waals surface area contributed by atoms with Gasteiger partial charge in [0.05, 0.1) is 29.3 Å². The second kappa shape index (κ2) is 4.25. The van der Waals surface area contributed by atoms with Crippen LogP contribution in [0.2, 0.25) is 0 Å². The Balaban J connectivity index is 2.23. The Bertz CT molecular complexity index is 561. The molecule has 88 valence electrons. The molecule has 6 heteroatoms. The molecule has 0 aromatic carbocycles.